The summed E-state index contributed by atoms with van der Waals surface area (Å²) >= 11 is 3.34. The molecule has 0 aliphatic carbocycles. The molecule has 1 aromatic carbocycles. The maximum atomic E-state index is 13.6. The summed E-state index contributed by atoms with van der Waals surface area (Å²) in [6.45, 7) is 5.30. The van der Waals surface area contributed by atoms with E-state index in [0.29, 0.717) is 31.1 Å². The fourth-order valence-electron chi connectivity index (χ4n) is 1.60. The number of nitrogens with zero attached hydrogens (tertiary/aromatic N) is 2. The fourth-order valence-corrected chi connectivity index (χ4v) is 2.01. The van der Waals surface area contributed by atoms with Crippen molar-refractivity contribution in [2.24, 2.45) is 0 Å². The van der Waals surface area contributed by atoms with E-state index in [2.05, 4.69) is 26.9 Å². The highest BCUT2D eigenvalue weighted by atomic mass is 79.9. The molecular formula is C13H16BrFN2. The summed E-state index contributed by atoms with van der Waals surface area (Å²) < 4.78 is 14.5. The van der Waals surface area contributed by atoms with Gasteiger partial charge in [0.25, 0.3) is 0 Å². The van der Waals surface area contributed by atoms with Gasteiger partial charge in [-0.2, -0.15) is 5.26 Å². The van der Waals surface area contributed by atoms with Crippen LogP contribution in [0.1, 0.15) is 25.8 Å². The number of nitriles is 1. The zero-order valence-electron chi connectivity index (χ0n) is 10.1. The van der Waals surface area contributed by atoms with Crippen molar-refractivity contribution in [2.45, 2.75) is 32.9 Å². The minimum Gasteiger partial charge on any atom is -0.296 e. The highest BCUT2D eigenvalue weighted by Crippen LogP contribution is 2.18. The number of rotatable bonds is 5. The quantitative estimate of drug-likeness (QED) is 0.828. The van der Waals surface area contributed by atoms with Crippen molar-refractivity contribution in [1.82, 2.24) is 4.90 Å². The lowest BCUT2D eigenvalue weighted by atomic mass is 10.1. The Labute approximate surface area is 110 Å². The fraction of sp³-hybridized carbons (Fsp3) is 0.462. The molecule has 0 saturated carbocycles. The second-order valence-corrected chi connectivity index (χ2v) is 5.12. The van der Waals surface area contributed by atoms with Gasteiger partial charge in [0, 0.05) is 35.6 Å². The Balaban J connectivity index is 2.78. The summed E-state index contributed by atoms with van der Waals surface area (Å²) in [6.07, 6.45) is 0.466. The van der Waals surface area contributed by atoms with Crippen molar-refractivity contribution in [3.8, 4) is 6.07 Å². The van der Waals surface area contributed by atoms with E-state index in [0.717, 1.165) is 4.47 Å². The van der Waals surface area contributed by atoms with E-state index in [1.807, 2.05) is 13.8 Å². The van der Waals surface area contributed by atoms with Gasteiger partial charge in [0.1, 0.15) is 5.82 Å². The van der Waals surface area contributed by atoms with Crippen LogP contribution >= 0.6 is 15.9 Å². The van der Waals surface area contributed by atoms with Crippen molar-refractivity contribution in [2.75, 3.05) is 6.54 Å². The van der Waals surface area contributed by atoms with Crippen LogP contribution in [0.25, 0.3) is 0 Å². The van der Waals surface area contributed by atoms with Crippen LogP contribution in [0.15, 0.2) is 22.7 Å². The van der Waals surface area contributed by atoms with Gasteiger partial charge in [-0.15, -0.1) is 0 Å². The van der Waals surface area contributed by atoms with Gasteiger partial charge in [0.2, 0.25) is 0 Å². The third-order valence-electron chi connectivity index (χ3n) is 2.62. The first-order chi connectivity index (χ1) is 8.04. The van der Waals surface area contributed by atoms with Gasteiger partial charge in [-0.1, -0.05) is 15.9 Å². The molecule has 1 aromatic rings. The molecule has 4 heteroatoms. The van der Waals surface area contributed by atoms with Crippen molar-refractivity contribution in [3.05, 3.63) is 34.1 Å². The standard InChI is InChI=1S/C13H16BrFN2/c1-10(2)17(7-3-6-16)9-11-8-12(14)4-5-13(11)15/h4-5,8,10H,3,7,9H2,1-2H3. The molecular weight excluding hydrogens is 283 g/mol. The monoisotopic (exact) mass is 298 g/mol. The van der Waals surface area contributed by atoms with Gasteiger partial charge in [-0.25, -0.2) is 4.39 Å². The van der Waals surface area contributed by atoms with Gasteiger partial charge >= 0.3 is 0 Å². The molecule has 0 amide bonds. The van der Waals surface area contributed by atoms with E-state index in [-0.39, 0.29) is 5.82 Å². The van der Waals surface area contributed by atoms with Crippen LogP contribution in [0.4, 0.5) is 4.39 Å². The Kier molecular flexibility index (Phi) is 5.60. The summed E-state index contributed by atoms with van der Waals surface area (Å²) in [5.41, 5.74) is 0.658. The van der Waals surface area contributed by atoms with Crippen molar-refractivity contribution in [1.29, 1.82) is 5.26 Å². The normalized spacial score (nSPS) is 10.9. The second-order valence-electron chi connectivity index (χ2n) is 4.21. The Morgan fingerprint density at radius 2 is 2.18 bits per heavy atom. The zero-order chi connectivity index (χ0) is 12.8. The lowest BCUT2D eigenvalue weighted by molar-refractivity contribution is 0.215. The lowest BCUT2D eigenvalue weighted by Crippen LogP contribution is -2.31. The highest BCUT2D eigenvalue weighted by Gasteiger charge is 2.12. The van der Waals surface area contributed by atoms with E-state index < -0.39 is 0 Å². The Bertz CT molecular complexity index is 412. The molecule has 0 atom stereocenters. The van der Waals surface area contributed by atoms with Gasteiger partial charge in [-0.3, -0.25) is 4.90 Å². The van der Waals surface area contributed by atoms with Crippen LogP contribution in [-0.4, -0.2) is 17.5 Å². The third kappa shape index (κ3) is 4.45. The number of hydrogen-bond donors (Lipinski definition) is 0. The maximum Gasteiger partial charge on any atom is 0.127 e. The molecule has 0 aromatic heterocycles. The molecule has 0 spiro atoms. The van der Waals surface area contributed by atoms with Gasteiger partial charge < -0.3 is 0 Å². The topological polar surface area (TPSA) is 27.0 Å². The van der Waals surface area contributed by atoms with E-state index in [4.69, 9.17) is 5.26 Å². The van der Waals surface area contributed by atoms with Crippen molar-refractivity contribution >= 4 is 15.9 Å². The number of benzene rings is 1. The third-order valence-corrected chi connectivity index (χ3v) is 3.12. The van der Waals surface area contributed by atoms with Gasteiger partial charge in [0.15, 0.2) is 0 Å². The molecule has 2 nitrogen and oxygen atoms in total. The van der Waals surface area contributed by atoms with Crippen LogP contribution in [0, 0.1) is 17.1 Å². The Hall–Kier alpha value is -0.920. The minimum atomic E-state index is -0.198. The zero-order valence-corrected chi connectivity index (χ0v) is 11.7. The van der Waals surface area contributed by atoms with E-state index in [1.165, 1.54) is 6.07 Å². The first-order valence-electron chi connectivity index (χ1n) is 5.59. The summed E-state index contributed by atoms with van der Waals surface area (Å²) in [7, 11) is 0. The highest BCUT2D eigenvalue weighted by molar-refractivity contribution is 9.10. The molecule has 1 rings (SSSR count). The maximum absolute atomic E-state index is 13.6. The average Bonchev–Trinajstić information content (AvgIpc) is 2.28. The summed E-state index contributed by atoms with van der Waals surface area (Å²) in [4.78, 5) is 2.09. The second kappa shape index (κ2) is 6.73. The molecule has 0 bridgehead atoms. The Morgan fingerprint density at radius 3 is 2.76 bits per heavy atom. The predicted octanol–water partition coefficient (Wildman–Crippen LogP) is 3.71. The van der Waals surface area contributed by atoms with Gasteiger partial charge in [0.05, 0.1) is 6.07 Å². The van der Waals surface area contributed by atoms with Crippen LogP contribution in [-0.2, 0) is 6.54 Å². The molecule has 0 heterocycles. The van der Waals surface area contributed by atoms with Crippen LogP contribution in [0.5, 0.6) is 0 Å². The summed E-state index contributed by atoms with van der Waals surface area (Å²) in [5, 5.41) is 8.60. The van der Waals surface area contributed by atoms with E-state index in [9.17, 15) is 4.39 Å². The largest absolute Gasteiger partial charge is 0.296 e. The van der Waals surface area contributed by atoms with Crippen molar-refractivity contribution < 1.29 is 4.39 Å². The first-order valence-corrected chi connectivity index (χ1v) is 6.39. The van der Waals surface area contributed by atoms with Crippen LogP contribution < -0.4 is 0 Å². The minimum absolute atomic E-state index is 0.198. The Morgan fingerprint density at radius 1 is 1.47 bits per heavy atom. The molecule has 0 radical (unpaired) electrons. The van der Waals surface area contributed by atoms with E-state index >= 15 is 0 Å². The summed E-state index contributed by atoms with van der Waals surface area (Å²) in [6, 6.07) is 7.35. The number of hydrogen-bond acceptors (Lipinski definition) is 2. The molecule has 0 N–H and O–H groups in total. The SMILES string of the molecule is CC(C)N(CCC#N)Cc1cc(Br)ccc1F. The average molecular weight is 299 g/mol. The smallest absolute Gasteiger partial charge is 0.127 e. The molecule has 17 heavy (non-hydrogen) atoms. The molecule has 0 aliphatic heterocycles. The van der Waals surface area contributed by atoms with Crippen LogP contribution in [0.2, 0.25) is 0 Å². The molecule has 0 saturated heterocycles. The first kappa shape index (κ1) is 14.1. The molecule has 0 fully saturated rings. The number of halogens is 2. The van der Waals surface area contributed by atoms with Gasteiger partial charge in [-0.05, 0) is 32.0 Å². The molecule has 0 unspecified atom stereocenters. The van der Waals surface area contributed by atoms with Crippen molar-refractivity contribution in [3.63, 3.8) is 0 Å². The molecule has 92 valence electrons. The van der Waals surface area contributed by atoms with Crippen LogP contribution in [0.3, 0.4) is 0 Å². The lowest BCUT2D eigenvalue weighted by Gasteiger charge is -2.25. The summed E-state index contributed by atoms with van der Waals surface area (Å²) in [5.74, 6) is -0.198. The molecule has 0 aliphatic rings. The van der Waals surface area contributed by atoms with E-state index in [1.54, 1.807) is 12.1 Å². The predicted molar refractivity (Wildman–Crippen MR) is 69.9 cm³/mol.